The summed E-state index contributed by atoms with van der Waals surface area (Å²) in [5, 5.41) is 4.16. The maximum atomic E-state index is 5.76. The average Bonchev–Trinajstić information content (AvgIpc) is 2.97. The van der Waals surface area contributed by atoms with Gasteiger partial charge < -0.3 is 15.3 Å². The lowest BCUT2D eigenvalue weighted by atomic mass is 10.00. The molecular weight excluding hydrogens is 254 g/mol. The zero-order valence-corrected chi connectivity index (χ0v) is 11.1. The van der Waals surface area contributed by atoms with E-state index in [0.29, 0.717) is 12.1 Å². The van der Waals surface area contributed by atoms with E-state index in [1.54, 1.807) is 25.6 Å². The van der Waals surface area contributed by atoms with Crippen LogP contribution in [0.2, 0.25) is 0 Å². The molecule has 0 saturated heterocycles. The average molecular weight is 269 g/mol. The molecule has 0 saturated carbocycles. The minimum atomic E-state index is -0.145. The Balaban J connectivity index is 1.83. The standard InChI is InChI=1S/C15H15N3O2/c1-19-14-8-11(16)2-3-12(14)15-9-13(18-20-15)10-4-6-17-7-5-10/h2-8,15H,9,16H2,1H3. The Morgan fingerprint density at radius 3 is 2.80 bits per heavy atom. The maximum absolute atomic E-state index is 5.76. The van der Waals surface area contributed by atoms with Crippen LogP contribution in [0.1, 0.15) is 23.7 Å². The molecule has 0 fully saturated rings. The first-order valence-electron chi connectivity index (χ1n) is 6.34. The van der Waals surface area contributed by atoms with E-state index in [-0.39, 0.29) is 6.10 Å². The van der Waals surface area contributed by atoms with Gasteiger partial charge in [-0.25, -0.2) is 0 Å². The van der Waals surface area contributed by atoms with Gasteiger partial charge in [-0.1, -0.05) is 5.16 Å². The third-order valence-corrected chi connectivity index (χ3v) is 3.29. The van der Waals surface area contributed by atoms with E-state index in [1.807, 2.05) is 24.3 Å². The number of pyridine rings is 1. The van der Waals surface area contributed by atoms with Gasteiger partial charge in [0.25, 0.3) is 0 Å². The molecule has 0 aliphatic carbocycles. The summed E-state index contributed by atoms with van der Waals surface area (Å²) in [4.78, 5) is 9.54. The van der Waals surface area contributed by atoms with Crippen molar-refractivity contribution in [1.29, 1.82) is 0 Å². The van der Waals surface area contributed by atoms with Crippen LogP contribution in [0.4, 0.5) is 5.69 Å². The Labute approximate surface area is 117 Å². The Bertz CT molecular complexity index is 641. The third-order valence-electron chi connectivity index (χ3n) is 3.29. The van der Waals surface area contributed by atoms with Gasteiger partial charge in [0.15, 0.2) is 6.10 Å². The Kier molecular flexibility index (Phi) is 3.25. The third kappa shape index (κ3) is 2.30. The summed E-state index contributed by atoms with van der Waals surface area (Å²) in [6.07, 6.45) is 4.04. The number of oxime groups is 1. The van der Waals surface area contributed by atoms with Crippen molar-refractivity contribution in [2.24, 2.45) is 5.16 Å². The topological polar surface area (TPSA) is 69.7 Å². The molecule has 0 spiro atoms. The molecule has 1 aliphatic rings. The Morgan fingerprint density at radius 1 is 1.25 bits per heavy atom. The number of hydrogen-bond donors (Lipinski definition) is 1. The zero-order valence-electron chi connectivity index (χ0n) is 11.1. The molecule has 5 heteroatoms. The first-order valence-corrected chi connectivity index (χ1v) is 6.34. The number of anilines is 1. The number of rotatable bonds is 3. The van der Waals surface area contributed by atoms with E-state index in [2.05, 4.69) is 10.1 Å². The van der Waals surface area contributed by atoms with Crippen molar-refractivity contribution in [3.8, 4) is 5.75 Å². The molecular formula is C15H15N3O2. The van der Waals surface area contributed by atoms with Gasteiger partial charge in [0.05, 0.1) is 12.8 Å². The molecule has 5 nitrogen and oxygen atoms in total. The van der Waals surface area contributed by atoms with Crippen molar-refractivity contribution in [1.82, 2.24) is 4.98 Å². The highest BCUT2D eigenvalue weighted by Crippen LogP contribution is 2.35. The highest BCUT2D eigenvalue weighted by Gasteiger charge is 2.26. The number of aromatic nitrogens is 1. The van der Waals surface area contributed by atoms with E-state index in [9.17, 15) is 0 Å². The molecule has 2 N–H and O–H groups in total. The van der Waals surface area contributed by atoms with Gasteiger partial charge in [-0.15, -0.1) is 0 Å². The van der Waals surface area contributed by atoms with Crippen LogP contribution in [0.3, 0.4) is 0 Å². The summed E-state index contributed by atoms with van der Waals surface area (Å²) in [5.74, 6) is 0.723. The predicted molar refractivity (Wildman–Crippen MR) is 76.6 cm³/mol. The number of ether oxygens (including phenoxy) is 1. The van der Waals surface area contributed by atoms with Crippen molar-refractivity contribution in [3.63, 3.8) is 0 Å². The van der Waals surface area contributed by atoms with Gasteiger partial charge in [0.1, 0.15) is 5.75 Å². The fourth-order valence-electron chi connectivity index (χ4n) is 2.25. The normalized spacial score (nSPS) is 17.4. The van der Waals surface area contributed by atoms with Crippen LogP contribution < -0.4 is 10.5 Å². The molecule has 1 aromatic carbocycles. The highest BCUT2D eigenvalue weighted by molar-refractivity contribution is 6.01. The molecule has 3 rings (SSSR count). The van der Waals surface area contributed by atoms with Gasteiger partial charge in [-0.05, 0) is 24.3 Å². The van der Waals surface area contributed by atoms with Crippen molar-refractivity contribution < 1.29 is 9.57 Å². The molecule has 2 heterocycles. The van der Waals surface area contributed by atoms with Gasteiger partial charge in [0.2, 0.25) is 0 Å². The second-order valence-corrected chi connectivity index (χ2v) is 4.57. The smallest absolute Gasteiger partial charge is 0.161 e. The number of nitrogens with two attached hydrogens (primary N) is 1. The molecule has 0 bridgehead atoms. The van der Waals surface area contributed by atoms with E-state index in [4.69, 9.17) is 15.3 Å². The number of nitrogen functional groups attached to an aromatic ring is 1. The van der Waals surface area contributed by atoms with Gasteiger partial charge in [0, 0.05) is 41.7 Å². The second-order valence-electron chi connectivity index (χ2n) is 4.57. The summed E-state index contributed by atoms with van der Waals surface area (Å²) in [5.41, 5.74) is 9.32. The highest BCUT2D eigenvalue weighted by atomic mass is 16.6. The molecule has 0 radical (unpaired) electrons. The molecule has 20 heavy (non-hydrogen) atoms. The summed E-state index contributed by atoms with van der Waals surface area (Å²) in [6.45, 7) is 0. The minimum absolute atomic E-state index is 0.145. The fraction of sp³-hybridized carbons (Fsp3) is 0.200. The minimum Gasteiger partial charge on any atom is -0.496 e. The molecule has 1 aliphatic heterocycles. The van der Waals surface area contributed by atoms with Crippen molar-refractivity contribution in [3.05, 3.63) is 53.9 Å². The lowest BCUT2D eigenvalue weighted by Gasteiger charge is -2.13. The lowest BCUT2D eigenvalue weighted by Crippen LogP contribution is -2.04. The van der Waals surface area contributed by atoms with Crippen LogP contribution in [0.25, 0.3) is 0 Å². The summed E-state index contributed by atoms with van der Waals surface area (Å²) >= 11 is 0. The lowest BCUT2D eigenvalue weighted by molar-refractivity contribution is 0.0837. The monoisotopic (exact) mass is 269 g/mol. The van der Waals surface area contributed by atoms with Crippen molar-refractivity contribution in [2.45, 2.75) is 12.5 Å². The number of hydrogen-bond acceptors (Lipinski definition) is 5. The van der Waals surface area contributed by atoms with E-state index in [0.717, 1.165) is 22.6 Å². The van der Waals surface area contributed by atoms with E-state index in [1.165, 1.54) is 0 Å². The van der Waals surface area contributed by atoms with Gasteiger partial charge in [-0.3, -0.25) is 4.98 Å². The van der Waals surface area contributed by atoms with E-state index < -0.39 is 0 Å². The summed E-state index contributed by atoms with van der Waals surface area (Å²) < 4.78 is 5.36. The quantitative estimate of drug-likeness (QED) is 0.869. The first kappa shape index (κ1) is 12.5. The molecule has 1 atom stereocenters. The maximum Gasteiger partial charge on any atom is 0.161 e. The molecule has 1 aromatic heterocycles. The van der Waals surface area contributed by atoms with Crippen LogP contribution in [0, 0.1) is 0 Å². The predicted octanol–water partition coefficient (Wildman–Crippen LogP) is 2.54. The Hall–Kier alpha value is -2.56. The van der Waals surface area contributed by atoms with E-state index >= 15 is 0 Å². The van der Waals surface area contributed by atoms with Crippen LogP contribution in [0.15, 0.2) is 47.9 Å². The fourth-order valence-corrected chi connectivity index (χ4v) is 2.25. The largest absolute Gasteiger partial charge is 0.496 e. The number of benzene rings is 1. The van der Waals surface area contributed by atoms with Crippen LogP contribution >= 0.6 is 0 Å². The number of methoxy groups -OCH3 is 1. The van der Waals surface area contributed by atoms with Crippen LogP contribution in [-0.4, -0.2) is 17.8 Å². The first-order chi connectivity index (χ1) is 9.78. The molecule has 102 valence electrons. The second kappa shape index (κ2) is 5.21. The summed E-state index contributed by atoms with van der Waals surface area (Å²) in [6, 6.07) is 9.40. The van der Waals surface area contributed by atoms with Crippen LogP contribution in [0.5, 0.6) is 5.75 Å². The number of nitrogens with zero attached hydrogens (tertiary/aromatic N) is 2. The zero-order chi connectivity index (χ0) is 13.9. The molecule has 0 amide bonds. The molecule has 1 unspecified atom stereocenters. The Morgan fingerprint density at radius 2 is 2.05 bits per heavy atom. The van der Waals surface area contributed by atoms with Crippen LogP contribution in [-0.2, 0) is 4.84 Å². The van der Waals surface area contributed by atoms with Gasteiger partial charge in [-0.2, -0.15) is 0 Å². The SMILES string of the molecule is COc1cc(N)ccc1C1CC(c2ccncc2)=NO1. The van der Waals surface area contributed by atoms with Crippen molar-refractivity contribution >= 4 is 11.4 Å². The summed E-state index contributed by atoms with van der Waals surface area (Å²) in [7, 11) is 1.62. The van der Waals surface area contributed by atoms with Crippen molar-refractivity contribution in [2.75, 3.05) is 12.8 Å². The molecule has 2 aromatic rings. The van der Waals surface area contributed by atoms with Gasteiger partial charge >= 0.3 is 0 Å².